The summed E-state index contributed by atoms with van der Waals surface area (Å²) in [5.74, 6) is -0.847. The highest BCUT2D eigenvalue weighted by atomic mass is 16.5. The summed E-state index contributed by atoms with van der Waals surface area (Å²) in [5, 5.41) is 4.95. The van der Waals surface area contributed by atoms with Crippen LogP contribution in [0.3, 0.4) is 0 Å². The standard InChI is InChI=1S/C18H26N2O6/c1-3-4-10-25-15-7-5-14(6-8-15)18(23)20-12-17(22)26-13-16(21)19-9-11-24-2/h5-8H,3-4,9-13H2,1-2H3,(H,19,21)(H,20,23). The first kappa shape index (κ1) is 21.4. The molecule has 1 rings (SSSR count). The van der Waals surface area contributed by atoms with E-state index in [-0.39, 0.29) is 6.54 Å². The van der Waals surface area contributed by atoms with Crippen molar-refractivity contribution in [2.45, 2.75) is 19.8 Å². The number of benzene rings is 1. The van der Waals surface area contributed by atoms with Gasteiger partial charge in [-0.1, -0.05) is 13.3 Å². The molecule has 1 aromatic rings. The van der Waals surface area contributed by atoms with Gasteiger partial charge < -0.3 is 24.8 Å². The zero-order valence-electron chi connectivity index (χ0n) is 15.2. The molecule has 0 fully saturated rings. The molecule has 8 nitrogen and oxygen atoms in total. The molecule has 0 aliphatic carbocycles. The molecule has 0 aliphatic rings. The molecule has 0 saturated carbocycles. The normalized spacial score (nSPS) is 10.1. The number of methoxy groups -OCH3 is 1. The van der Waals surface area contributed by atoms with Crippen LogP contribution in [0.5, 0.6) is 5.75 Å². The summed E-state index contributed by atoms with van der Waals surface area (Å²) >= 11 is 0. The van der Waals surface area contributed by atoms with Crippen molar-refractivity contribution in [2.75, 3.05) is 40.0 Å². The fraction of sp³-hybridized carbons (Fsp3) is 0.500. The van der Waals surface area contributed by atoms with E-state index in [4.69, 9.17) is 14.2 Å². The second-order valence-corrected chi connectivity index (χ2v) is 5.41. The van der Waals surface area contributed by atoms with E-state index in [1.165, 1.54) is 7.11 Å². The van der Waals surface area contributed by atoms with Gasteiger partial charge in [0.15, 0.2) is 6.61 Å². The summed E-state index contributed by atoms with van der Waals surface area (Å²) in [6.07, 6.45) is 2.01. The average Bonchev–Trinajstić information content (AvgIpc) is 2.65. The van der Waals surface area contributed by atoms with E-state index >= 15 is 0 Å². The maximum atomic E-state index is 12.0. The number of ether oxygens (including phenoxy) is 3. The summed E-state index contributed by atoms with van der Waals surface area (Å²) in [6, 6.07) is 6.64. The molecule has 2 N–H and O–H groups in total. The first-order valence-electron chi connectivity index (χ1n) is 8.49. The molecule has 0 atom stereocenters. The number of carbonyl (C=O) groups is 3. The second-order valence-electron chi connectivity index (χ2n) is 5.41. The van der Waals surface area contributed by atoms with Gasteiger partial charge in [-0.2, -0.15) is 0 Å². The minimum atomic E-state index is -0.695. The van der Waals surface area contributed by atoms with Gasteiger partial charge in [0.25, 0.3) is 11.8 Å². The smallest absolute Gasteiger partial charge is 0.325 e. The number of rotatable bonds is 12. The van der Waals surface area contributed by atoms with Gasteiger partial charge in [0.05, 0.1) is 13.2 Å². The van der Waals surface area contributed by atoms with E-state index in [2.05, 4.69) is 17.6 Å². The van der Waals surface area contributed by atoms with Gasteiger partial charge in [-0.25, -0.2) is 0 Å². The lowest BCUT2D eigenvalue weighted by molar-refractivity contribution is -0.147. The number of unbranched alkanes of at least 4 members (excludes halogenated alkanes) is 1. The first-order chi connectivity index (χ1) is 12.6. The van der Waals surface area contributed by atoms with Crippen molar-refractivity contribution in [3.05, 3.63) is 29.8 Å². The highest BCUT2D eigenvalue weighted by Gasteiger charge is 2.11. The molecule has 144 valence electrons. The van der Waals surface area contributed by atoms with Crippen LogP contribution in [0.2, 0.25) is 0 Å². The molecule has 0 radical (unpaired) electrons. The molecule has 8 heteroatoms. The van der Waals surface area contributed by atoms with Gasteiger partial charge in [0.2, 0.25) is 0 Å². The Hall–Kier alpha value is -2.61. The Kier molecular flexibility index (Phi) is 10.5. The van der Waals surface area contributed by atoms with Crippen molar-refractivity contribution in [2.24, 2.45) is 0 Å². The molecule has 0 saturated heterocycles. The van der Waals surface area contributed by atoms with Crippen molar-refractivity contribution in [1.29, 1.82) is 0 Å². The number of hydrogen-bond acceptors (Lipinski definition) is 6. The van der Waals surface area contributed by atoms with E-state index in [0.717, 1.165) is 12.8 Å². The predicted molar refractivity (Wildman–Crippen MR) is 95.0 cm³/mol. The molecular formula is C18H26N2O6. The van der Waals surface area contributed by atoms with Crippen molar-refractivity contribution in [3.8, 4) is 5.75 Å². The minimum absolute atomic E-state index is 0.321. The van der Waals surface area contributed by atoms with Gasteiger partial charge >= 0.3 is 5.97 Å². The third kappa shape index (κ3) is 9.03. The van der Waals surface area contributed by atoms with Crippen LogP contribution >= 0.6 is 0 Å². The highest BCUT2D eigenvalue weighted by molar-refractivity contribution is 5.96. The lowest BCUT2D eigenvalue weighted by Crippen LogP contribution is -2.34. The van der Waals surface area contributed by atoms with Crippen LogP contribution in [0.4, 0.5) is 0 Å². The van der Waals surface area contributed by atoms with E-state index in [0.29, 0.717) is 31.1 Å². The Morgan fingerprint density at radius 2 is 1.77 bits per heavy atom. The Morgan fingerprint density at radius 3 is 2.42 bits per heavy atom. The quantitative estimate of drug-likeness (QED) is 0.421. The van der Waals surface area contributed by atoms with Crippen molar-refractivity contribution >= 4 is 17.8 Å². The van der Waals surface area contributed by atoms with Gasteiger partial charge in [-0.15, -0.1) is 0 Å². The monoisotopic (exact) mass is 366 g/mol. The number of carbonyl (C=O) groups excluding carboxylic acids is 3. The van der Waals surface area contributed by atoms with Crippen molar-refractivity contribution in [1.82, 2.24) is 10.6 Å². The molecule has 0 spiro atoms. The number of esters is 1. The lowest BCUT2D eigenvalue weighted by atomic mass is 10.2. The predicted octanol–water partition coefficient (Wildman–Crippen LogP) is 0.901. The zero-order chi connectivity index (χ0) is 19.2. The highest BCUT2D eigenvalue weighted by Crippen LogP contribution is 2.12. The second kappa shape index (κ2) is 12.7. The van der Waals surface area contributed by atoms with Crippen LogP contribution in [-0.2, 0) is 19.1 Å². The molecule has 0 aliphatic heterocycles. The van der Waals surface area contributed by atoms with Crippen LogP contribution in [0.1, 0.15) is 30.1 Å². The van der Waals surface area contributed by atoms with E-state index in [1.54, 1.807) is 24.3 Å². The van der Waals surface area contributed by atoms with E-state index in [9.17, 15) is 14.4 Å². The largest absolute Gasteiger partial charge is 0.494 e. The molecular weight excluding hydrogens is 340 g/mol. The SMILES string of the molecule is CCCCOc1ccc(C(=O)NCC(=O)OCC(=O)NCCOC)cc1. The Balaban J connectivity index is 2.28. The molecule has 0 unspecified atom stereocenters. The Bertz CT molecular complexity index is 574. The third-order valence-electron chi connectivity index (χ3n) is 3.27. The molecule has 26 heavy (non-hydrogen) atoms. The minimum Gasteiger partial charge on any atom is -0.494 e. The van der Waals surface area contributed by atoms with Crippen molar-refractivity contribution in [3.63, 3.8) is 0 Å². The Morgan fingerprint density at radius 1 is 1.04 bits per heavy atom. The molecule has 2 amide bonds. The van der Waals surface area contributed by atoms with Crippen molar-refractivity contribution < 1.29 is 28.6 Å². The van der Waals surface area contributed by atoms with Gasteiger partial charge in [-0.3, -0.25) is 14.4 Å². The lowest BCUT2D eigenvalue weighted by Gasteiger charge is -2.08. The topological polar surface area (TPSA) is 103 Å². The third-order valence-corrected chi connectivity index (χ3v) is 3.27. The summed E-state index contributed by atoms with van der Waals surface area (Å²) in [7, 11) is 1.52. The molecule has 0 heterocycles. The number of hydrogen-bond donors (Lipinski definition) is 2. The van der Waals surface area contributed by atoms with Gasteiger partial charge in [-0.05, 0) is 30.7 Å². The first-order valence-corrected chi connectivity index (χ1v) is 8.49. The van der Waals surface area contributed by atoms with Gasteiger partial charge in [0, 0.05) is 19.2 Å². The molecule has 0 aromatic heterocycles. The summed E-state index contributed by atoms with van der Waals surface area (Å²) < 4.78 is 15.1. The molecule has 0 bridgehead atoms. The van der Waals surface area contributed by atoms with E-state index in [1.807, 2.05) is 0 Å². The average molecular weight is 366 g/mol. The number of amides is 2. The van der Waals surface area contributed by atoms with Crippen LogP contribution < -0.4 is 15.4 Å². The van der Waals surface area contributed by atoms with Crippen LogP contribution in [0.25, 0.3) is 0 Å². The maximum Gasteiger partial charge on any atom is 0.325 e. The van der Waals surface area contributed by atoms with Crippen LogP contribution in [0, 0.1) is 0 Å². The fourth-order valence-electron chi connectivity index (χ4n) is 1.83. The van der Waals surface area contributed by atoms with Crippen LogP contribution in [0.15, 0.2) is 24.3 Å². The Labute approximate surface area is 153 Å². The van der Waals surface area contributed by atoms with Gasteiger partial charge in [0.1, 0.15) is 12.3 Å². The summed E-state index contributed by atoms with van der Waals surface area (Å²) in [5.41, 5.74) is 0.401. The summed E-state index contributed by atoms with van der Waals surface area (Å²) in [4.78, 5) is 34.9. The number of nitrogens with one attached hydrogen (secondary N) is 2. The zero-order valence-corrected chi connectivity index (χ0v) is 15.2. The fourth-order valence-corrected chi connectivity index (χ4v) is 1.83. The van der Waals surface area contributed by atoms with E-state index < -0.39 is 24.4 Å². The van der Waals surface area contributed by atoms with Crippen LogP contribution in [-0.4, -0.2) is 57.8 Å². The maximum absolute atomic E-state index is 12.0. The molecule has 1 aromatic carbocycles. The summed E-state index contributed by atoms with van der Waals surface area (Å²) in [6.45, 7) is 2.70.